The maximum absolute atomic E-state index is 12.0. The molecule has 0 bridgehead atoms. The number of carbonyl (C=O) groups excluding carboxylic acids is 1. The van der Waals surface area contributed by atoms with Crippen molar-refractivity contribution in [1.29, 1.82) is 0 Å². The molecule has 110 valence electrons. The van der Waals surface area contributed by atoms with Crippen LogP contribution in [0, 0.1) is 0 Å². The van der Waals surface area contributed by atoms with E-state index in [2.05, 4.69) is 5.32 Å². The van der Waals surface area contributed by atoms with Crippen LogP contribution >= 0.6 is 34.8 Å². The lowest BCUT2D eigenvalue weighted by atomic mass is 10.1. The van der Waals surface area contributed by atoms with Gasteiger partial charge in [-0.2, -0.15) is 0 Å². The van der Waals surface area contributed by atoms with Crippen LogP contribution in [0.2, 0.25) is 10.0 Å². The van der Waals surface area contributed by atoms with Gasteiger partial charge in [0.2, 0.25) is 0 Å². The average Bonchev–Trinajstić information content (AvgIpc) is 2.49. The van der Waals surface area contributed by atoms with Crippen molar-refractivity contribution in [3.05, 3.63) is 69.2 Å². The second-order valence-corrected chi connectivity index (χ2v) is 5.69. The van der Waals surface area contributed by atoms with Crippen molar-refractivity contribution in [2.24, 2.45) is 0 Å². The van der Waals surface area contributed by atoms with Gasteiger partial charge in [-0.1, -0.05) is 41.4 Å². The van der Waals surface area contributed by atoms with E-state index in [-0.39, 0.29) is 5.91 Å². The number of nitrogens with one attached hydrogen (secondary N) is 1. The summed E-state index contributed by atoms with van der Waals surface area (Å²) in [5.74, 6) is 0.272. The highest BCUT2D eigenvalue weighted by Crippen LogP contribution is 2.21. The van der Waals surface area contributed by atoms with Crippen molar-refractivity contribution in [3.63, 3.8) is 0 Å². The maximum atomic E-state index is 12.0. The molecule has 0 aliphatic rings. The van der Waals surface area contributed by atoms with E-state index in [1.807, 2.05) is 18.2 Å². The van der Waals surface area contributed by atoms with E-state index in [4.69, 9.17) is 34.8 Å². The van der Waals surface area contributed by atoms with Crippen molar-refractivity contribution in [1.82, 2.24) is 5.32 Å². The molecule has 1 amide bonds. The van der Waals surface area contributed by atoms with E-state index in [9.17, 15) is 4.79 Å². The molecule has 5 heteroatoms. The lowest BCUT2D eigenvalue weighted by Crippen LogP contribution is -2.25. The van der Waals surface area contributed by atoms with Gasteiger partial charge in [0.05, 0.1) is 0 Å². The Hall–Kier alpha value is -1.22. The van der Waals surface area contributed by atoms with Gasteiger partial charge < -0.3 is 5.32 Å². The standard InChI is InChI=1S/C16H14Cl3NO/c17-10-11-2-1-3-13(8-11)16(21)20-7-6-12-4-5-14(18)9-15(12)19/h1-5,8-9H,6-7,10H2,(H,20,21). The topological polar surface area (TPSA) is 29.1 Å². The Morgan fingerprint density at radius 2 is 1.90 bits per heavy atom. The molecular weight excluding hydrogens is 329 g/mol. The third-order valence-electron chi connectivity index (χ3n) is 3.04. The van der Waals surface area contributed by atoms with Crippen molar-refractivity contribution >= 4 is 40.7 Å². The molecule has 0 heterocycles. The molecule has 21 heavy (non-hydrogen) atoms. The number of halogens is 3. The monoisotopic (exact) mass is 341 g/mol. The third-order valence-corrected chi connectivity index (χ3v) is 3.93. The van der Waals surface area contributed by atoms with Crippen LogP contribution in [0.1, 0.15) is 21.5 Å². The minimum atomic E-state index is -0.118. The van der Waals surface area contributed by atoms with Crippen molar-refractivity contribution in [2.45, 2.75) is 12.3 Å². The summed E-state index contributed by atoms with van der Waals surface area (Å²) in [6.45, 7) is 0.505. The fraction of sp³-hybridized carbons (Fsp3) is 0.188. The van der Waals surface area contributed by atoms with E-state index in [1.165, 1.54) is 0 Å². The first kappa shape index (κ1) is 16.2. The molecular formula is C16H14Cl3NO. The van der Waals surface area contributed by atoms with Gasteiger partial charge in [0.15, 0.2) is 0 Å². The predicted octanol–water partition coefficient (Wildman–Crippen LogP) is 4.70. The fourth-order valence-electron chi connectivity index (χ4n) is 1.93. The first-order chi connectivity index (χ1) is 10.1. The number of alkyl halides is 1. The van der Waals surface area contributed by atoms with Gasteiger partial charge in [-0.15, -0.1) is 11.6 Å². The zero-order chi connectivity index (χ0) is 15.2. The molecule has 0 atom stereocenters. The van der Waals surface area contributed by atoms with Crippen LogP contribution < -0.4 is 5.32 Å². The quantitative estimate of drug-likeness (QED) is 0.784. The molecule has 1 N–H and O–H groups in total. The van der Waals surface area contributed by atoms with E-state index in [0.717, 1.165) is 11.1 Å². The van der Waals surface area contributed by atoms with Gasteiger partial charge in [0, 0.05) is 28.0 Å². The highest BCUT2D eigenvalue weighted by Gasteiger charge is 2.06. The summed E-state index contributed by atoms with van der Waals surface area (Å²) in [4.78, 5) is 12.0. The molecule has 0 aromatic heterocycles. The lowest BCUT2D eigenvalue weighted by molar-refractivity contribution is 0.0954. The van der Waals surface area contributed by atoms with Gasteiger partial charge in [-0.3, -0.25) is 4.79 Å². The minimum Gasteiger partial charge on any atom is -0.352 e. The van der Waals surface area contributed by atoms with Crippen LogP contribution in [0.25, 0.3) is 0 Å². The summed E-state index contributed by atoms with van der Waals surface area (Å²) >= 11 is 17.7. The van der Waals surface area contributed by atoms with E-state index in [0.29, 0.717) is 34.5 Å². The minimum absolute atomic E-state index is 0.118. The summed E-state index contributed by atoms with van der Waals surface area (Å²) < 4.78 is 0. The molecule has 0 aliphatic heterocycles. The first-order valence-electron chi connectivity index (χ1n) is 6.47. The molecule has 2 aromatic carbocycles. The molecule has 2 aromatic rings. The van der Waals surface area contributed by atoms with Crippen molar-refractivity contribution in [3.8, 4) is 0 Å². The molecule has 2 rings (SSSR count). The second-order valence-electron chi connectivity index (χ2n) is 4.58. The first-order valence-corrected chi connectivity index (χ1v) is 7.76. The van der Waals surface area contributed by atoms with Gasteiger partial charge in [0.1, 0.15) is 0 Å². The Morgan fingerprint density at radius 1 is 1.10 bits per heavy atom. The number of benzene rings is 2. The lowest BCUT2D eigenvalue weighted by Gasteiger charge is -2.08. The van der Waals surface area contributed by atoms with E-state index in [1.54, 1.807) is 24.3 Å². The van der Waals surface area contributed by atoms with Crippen LogP contribution in [0.5, 0.6) is 0 Å². The Labute approximate surface area is 139 Å². The zero-order valence-corrected chi connectivity index (χ0v) is 13.5. The summed E-state index contributed by atoms with van der Waals surface area (Å²) in [5.41, 5.74) is 2.48. The molecule has 0 spiro atoms. The summed E-state index contributed by atoms with van der Waals surface area (Å²) in [6, 6.07) is 12.6. The molecule has 2 nitrogen and oxygen atoms in total. The Balaban J connectivity index is 1.92. The van der Waals surface area contributed by atoms with E-state index >= 15 is 0 Å². The zero-order valence-electron chi connectivity index (χ0n) is 11.2. The van der Waals surface area contributed by atoms with Gasteiger partial charge >= 0.3 is 0 Å². The third kappa shape index (κ3) is 4.63. The maximum Gasteiger partial charge on any atom is 0.251 e. The molecule has 0 unspecified atom stereocenters. The predicted molar refractivity (Wildman–Crippen MR) is 88.5 cm³/mol. The number of hydrogen-bond donors (Lipinski definition) is 1. The van der Waals surface area contributed by atoms with E-state index < -0.39 is 0 Å². The average molecular weight is 343 g/mol. The van der Waals surface area contributed by atoms with Gasteiger partial charge in [0.25, 0.3) is 5.91 Å². The molecule has 0 saturated carbocycles. The smallest absolute Gasteiger partial charge is 0.251 e. The van der Waals surface area contributed by atoms with Crippen LogP contribution in [0.15, 0.2) is 42.5 Å². The van der Waals surface area contributed by atoms with Crippen LogP contribution in [0.3, 0.4) is 0 Å². The van der Waals surface area contributed by atoms with Crippen LogP contribution in [-0.4, -0.2) is 12.5 Å². The molecule has 0 aliphatic carbocycles. The SMILES string of the molecule is O=C(NCCc1ccc(Cl)cc1Cl)c1cccc(CCl)c1. The van der Waals surface area contributed by atoms with Gasteiger partial charge in [-0.05, 0) is 41.8 Å². The number of amides is 1. The molecule has 0 radical (unpaired) electrons. The van der Waals surface area contributed by atoms with Gasteiger partial charge in [-0.25, -0.2) is 0 Å². The fourth-order valence-corrected chi connectivity index (χ4v) is 2.60. The largest absolute Gasteiger partial charge is 0.352 e. The summed E-state index contributed by atoms with van der Waals surface area (Å²) in [6.07, 6.45) is 0.650. The second kappa shape index (κ2) is 7.69. The normalized spacial score (nSPS) is 10.4. The van der Waals surface area contributed by atoms with Crippen LogP contribution in [0.4, 0.5) is 0 Å². The number of carbonyl (C=O) groups is 1. The van der Waals surface area contributed by atoms with Crippen LogP contribution in [-0.2, 0) is 12.3 Å². The van der Waals surface area contributed by atoms with Crippen molar-refractivity contribution < 1.29 is 4.79 Å². The number of rotatable bonds is 5. The molecule has 0 fully saturated rings. The molecule has 0 saturated heterocycles. The Morgan fingerprint density at radius 3 is 2.62 bits per heavy atom. The summed E-state index contributed by atoms with van der Waals surface area (Å²) in [5, 5.41) is 4.08. The highest BCUT2D eigenvalue weighted by molar-refractivity contribution is 6.35. The Kier molecular flexibility index (Phi) is 5.92. The number of hydrogen-bond acceptors (Lipinski definition) is 1. The van der Waals surface area contributed by atoms with Crippen molar-refractivity contribution in [2.75, 3.05) is 6.54 Å². The Bertz CT molecular complexity index is 643. The highest BCUT2D eigenvalue weighted by atomic mass is 35.5. The summed E-state index contributed by atoms with van der Waals surface area (Å²) in [7, 11) is 0.